The Morgan fingerprint density at radius 2 is 1.84 bits per heavy atom. The van der Waals surface area contributed by atoms with Crippen LogP contribution in [0, 0.1) is 0 Å². The third-order valence-corrected chi connectivity index (χ3v) is 3.94. The highest BCUT2D eigenvalue weighted by Gasteiger charge is 2.23. The summed E-state index contributed by atoms with van der Waals surface area (Å²) < 4.78 is 10.5. The van der Waals surface area contributed by atoms with Crippen molar-refractivity contribution >= 4 is 29.2 Å². The normalized spacial score (nSPS) is 11.5. The predicted octanol–water partition coefficient (Wildman–Crippen LogP) is 3.49. The van der Waals surface area contributed by atoms with E-state index in [2.05, 4.69) is 0 Å². The zero-order chi connectivity index (χ0) is 18.4. The summed E-state index contributed by atoms with van der Waals surface area (Å²) in [6.45, 7) is 1.55. The number of esters is 1. The van der Waals surface area contributed by atoms with Crippen LogP contribution >= 0.6 is 11.6 Å². The Bertz CT molecular complexity index is 748. The van der Waals surface area contributed by atoms with E-state index in [9.17, 15) is 9.59 Å². The number of rotatable bonds is 6. The number of para-hydroxylation sites is 1. The number of likely N-dealkylation sites (N-methyl/N-ethyl adjacent to an activating group) is 1. The van der Waals surface area contributed by atoms with Gasteiger partial charge in [-0.05, 0) is 37.3 Å². The molecule has 0 N–H and O–H groups in total. The molecule has 2 aromatic carbocycles. The Kier molecular flexibility index (Phi) is 6.42. The van der Waals surface area contributed by atoms with Gasteiger partial charge in [0.25, 0.3) is 5.91 Å². The van der Waals surface area contributed by atoms with Crippen molar-refractivity contribution < 1.29 is 19.1 Å². The van der Waals surface area contributed by atoms with Crippen LogP contribution in [0.2, 0.25) is 5.02 Å². The number of ether oxygens (including phenoxy) is 2. The highest BCUT2D eigenvalue weighted by Crippen LogP contribution is 2.23. The molecule has 0 aliphatic rings. The van der Waals surface area contributed by atoms with Crippen molar-refractivity contribution in [3.05, 3.63) is 59.1 Å². The number of carbonyl (C=O) groups excluding carboxylic acids is 2. The summed E-state index contributed by atoms with van der Waals surface area (Å²) in [6, 6.07) is 14.2. The maximum Gasteiger partial charge on any atom is 0.311 e. The van der Waals surface area contributed by atoms with Crippen LogP contribution in [0.15, 0.2) is 48.5 Å². The highest BCUT2D eigenvalue weighted by atomic mass is 35.5. The highest BCUT2D eigenvalue weighted by molar-refractivity contribution is 6.30. The molecule has 6 heteroatoms. The van der Waals surface area contributed by atoms with Crippen LogP contribution in [-0.2, 0) is 20.7 Å². The van der Waals surface area contributed by atoms with Gasteiger partial charge in [-0.2, -0.15) is 0 Å². The summed E-state index contributed by atoms with van der Waals surface area (Å²) in [4.78, 5) is 26.0. The number of hydrogen-bond acceptors (Lipinski definition) is 4. The minimum atomic E-state index is -0.900. The number of methoxy groups -OCH3 is 1. The summed E-state index contributed by atoms with van der Waals surface area (Å²) in [6.07, 6.45) is -0.931. The third-order valence-electron chi connectivity index (χ3n) is 3.71. The van der Waals surface area contributed by atoms with E-state index in [1.807, 2.05) is 30.3 Å². The van der Waals surface area contributed by atoms with Crippen molar-refractivity contribution in [1.82, 2.24) is 0 Å². The third kappa shape index (κ3) is 4.97. The monoisotopic (exact) mass is 361 g/mol. The molecule has 0 saturated heterocycles. The van der Waals surface area contributed by atoms with E-state index in [1.165, 1.54) is 12.0 Å². The minimum Gasteiger partial charge on any atom is -0.496 e. The predicted molar refractivity (Wildman–Crippen MR) is 97.1 cm³/mol. The maximum atomic E-state index is 12.4. The molecule has 2 rings (SSSR count). The van der Waals surface area contributed by atoms with Crippen molar-refractivity contribution in [2.75, 3.05) is 19.1 Å². The van der Waals surface area contributed by atoms with Gasteiger partial charge in [0.1, 0.15) is 5.75 Å². The first-order valence-electron chi connectivity index (χ1n) is 7.77. The standard InChI is InChI=1S/C19H20ClNO4/c1-13(19(23)21(2)16-7-5-4-6-8-16)25-18(22)12-14-11-15(20)9-10-17(14)24-3/h4-11,13H,12H2,1-3H3/t13-/m1/s1. The molecule has 0 saturated carbocycles. The lowest BCUT2D eigenvalue weighted by Gasteiger charge is -2.21. The van der Waals surface area contributed by atoms with Crippen LogP contribution in [0.25, 0.3) is 0 Å². The molecule has 0 aliphatic heterocycles. The zero-order valence-corrected chi connectivity index (χ0v) is 15.1. The van der Waals surface area contributed by atoms with Crippen LogP contribution in [-0.4, -0.2) is 32.1 Å². The molecule has 0 aromatic heterocycles. The van der Waals surface area contributed by atoms with Crippen LogP contribution in [0.1, 0.15) is 12.5 Å². The molecule has 1 atom stereocenters. The van der Waals surface area contributed by atoms with E-state index in [0.717, 1.165) is 5.69 Å². The molecule has 0 radical (unpaired) electrons. The summed E-state index contributed by atoms with van der Waals surface area (Å²) in [5, 5.41) is 0.497. The number of nitrogens with zero attached hydrogens (tertiary/aromatic N) is 1. The molecule has 25 heavy (non-hydrogen) atoms. The van der Waals surface area contributed by atoms with Gasteiger partial charge in [-0.3, -0.25) is 9.59 Å². The molecule has 132 valence electrons. The largest absolute Gasteiger partial charge is 0.496 e. The second kappa shape index (κ2) is 8.53. The zero-order valence-electron chi connectivity index (χ0n) is 14.4. The van der Waals surface area contributed by atoms with Crippen molar-refractivity contribution in [3.63, 3.8) is 0 Å². The number of anilines is 1. The summed E-state index contributed by atoms with van der Waals surface area (Å²) in [5.74, 6) is -0.290. The van der Waals surface area contributed by atoms with Crippen LogP contribution in [0.3, 0.4) is 0 Å². The van der Waals surface area contributed by atoms with Crippen molar-refractivity contribution in [3.8, 4) is 5.75 Å². The van der Waals surface area contributed by atoms with Gasteiger partial charge in [0.2, 0.25) is 0 Å². The molecule has 0 fully saturated rings. The summed E-state index contributed by atoms with van der Waals surface area (Å²) in [5.41, 5.74) is 1.34. The van der Waals surface area contributed by atoms with Crippen molar-refractivity contribution in [1.29, 1.82) is 0 Å². The van der Waals surface area contributed by atoms with Crippen LogP contribution < -0.4 is 9.64 Å². The first-order chi connectivity index (χ1) is 11.9. The Labute approximate surface area is 152 Å². The Hall–Kier alpha value is -2.53. The molecule has 2 aromatic rings. The number of amides is 1. The van der Waals surface area contributed by atoms with Gasteiger partial charge in [0.15, 0.2) is 6.10 Å². The van der Waals surface area contributed by atoms with Gasteiger partial charge in [-0.25, -0.2) is 0 Å². The van der Waals surface area contributed by atoms with Gasteiger partial charge in [-0.1, -0.05) is 29.8 Å². The second-order valence-corrected chi connectivity index (χ2v) is 5.93. The van der Waals surface area contributed by atoms with E-state index >= 15 is 0 Å². The van der Waals surface area contributed by atoms with E-state index in [0.29, 0.717) is 16.3 Å². The average Bonchev–Trinajstić information content (AvgIpc) is 2.61. The molecular weight excluding hydrogens is 342 g/mol. The van der Waals surface area contributed by atoms with Gasteiger partial charge in [0.05, 0.1) is 13.5 Å². The molecule has 0 aliphatic carbocycles. The molecular formula is C19H20ClNO4. The van der Waals surface area contributed by atoms with Crippen LogP contribution in [0.4, 0.5) is 5.69 Å². The Morgan fingerprint density at radius 3 is 2.48 bits per heavy atom. The number of benzene rings is 2. The maximum absolute atomic E-state index is 12.4. The minimum absolute atomic E-state index is 0.0313. The fourth-order valence-corrected chi connectivity index (χ4v) is 2.58. The van der Waals surface area contributed by atoms with Crippen LogP contribution in [0.5, 0.6) is 5.75 Å². The van der Waals surface area contributed by atoms with E-state index < -0.39 is 12.1 Å². The van der Waals surface area contributed by atoms with Crippen molar-refractivity contribution in [2.24, 2.45) is 0 Å². The number of hydrogen-bond donors (Lipinski definition) is 0. The lowest BCUT2D eigenvalue weighted by molar-refractivity contribution is -0.153. The fraction of sp³-hybridized carbons (Fsp3) is 0.263. The van der Waals surface area contributed by atoms with Crippen molar-refractivity contribution in [2.45, 2.75) is 19.4 Å². The average molecular weight is 362 g/mol. The lowest BCUT2D eigenvalue weighted by atomic mass is 10.1. The van der Waals surface area contributed by atoms with E-state index in [-0.39, 0.29) is 12.3 Å². The quantitative estimate of drug-likeness (QED) is 0.739. The summed E-state index contributed by atoms with van der Waals surface area (Å²) >= 11 is 5.95. The first kappa shape index (κ1) is 18.8. The Balaban J connectivity index is 2.00. The molecule has 0 bridgehead atoms. The van der Waals surface area contributed by atoms with E-state index in [4.69, 9.17) is 21.1 Å². The Morgan fingerprint density at radius 1 is 1.16 bits per heavy atom. The molecule has 1 amide bonds. The SMILES string of the molecule is COc1ccc(Cl)cc1CC(=O)O[C@H](C)C(=O)N(C)c1ccccc1. The molecule has 0 unspecified atom stereocenters. The fourth-order valence-electron chi connectivity index (χ4n) is 2.38. The van der Waals surface area contributed by atoms with Gasteiger partial charge in [-0.15, -0.1) is 0 Å². The number of carbonyl (C=O) groups is 2. The molecule has 0 heterocycles. The lowest BCUT2D eigenvalue weighted by Crippen LogP contribution is -2.37. The van der Waals surface area contributed by atoms with Gasteiger partial charge >= 0.3 is 5.97 Å². The number of halogens is 1. The topological polar surface area (TPSA) is 55.8 Å². The summed E-state index contributed by atoms with van der Waals surface area (Å²) in [7, 11) is 3.15. The van der Waals surface area contributed by atoms with E-state index in [1.54, 1.807) is 32.2 Å². The van der Waals surface area contributed by atoms with Gasteiger partial charge in [0, 0.05) is 23.3 Å². The molecule has 0 spiro atoms. The van der Waals surface area contributed by atoms with Gasteiger partial charge < -0.3 is 14.4 Å². The molecule has 5 nitrogen and oxygen atoms in total. The smallest absolute Gasteiger partial charge is 0.311 e. The second-order valence-electron chi connectivity index (χ2n) is 5.50. The first-order valence-corrected chi connectivity index (χ1v) is 8.14.